The van der Waals surface area contributed by atoms with Gasteiger partial charge in [0.15, 0.2) is 0 Å². The summed E-state index contributed by atoms with van der Waals surface area (Å²) in [5.74, 6) is -3.59. The first-order valence-electron chi connectivity index (χ1n) is 14.2. The molecule has 40 heavy (non-hydrogen) atoms. The van der Waals surface area contributed by atoms with E-state index in [0.29, 0.717) is 64.7 Å². The highest BCUT2D eigenvalue weighted by Crippen LogP contribution is 2.27. The predicted octanol–water partition coefficient (Wildman–Crippen LogP) is -1.16. The van der Waals surface area contributed by atoms with E-state index in [-0.39, 0.29) is 32.7 Å². The standard InChI is InChI=1S/C26H47N5O9/c32-21(15-27-22(26(39)40)14-20-4-2-1-3-5-20)16-28-6-8-29(17-23(33)34)10-12-31(19-25(37)38)13-11-30(9-7-28)18-24(35)36/h20-22,27,32H,1-19H2,(H,33,34)(H,35,36)(H,37,38)(H,39,40). The molecule has 1 saturated heterocycles. The van der Waals surface area contributed by atoms with Crippen LogP contribution in [-0.4, -0.2) is 166 Å². The molecule has 1 heterocycles. The summed E-state index contributed by atoms with van der Waals surface area (Å²) in [7, 11) is 0. The van der Waals surface area contributed by atoms with Gasteiger partial charge in [-0.2, -0.15) is 0 Å². The molecule has 0 spiro atoms. The summed E-state index contributed by atoms with van der Waals surface area (Å²) in [6.07, 6.45) is 5.11. The summed E-state index contributed by atoms with van der Waals surface area (Å²) < 4.78 is 0. The second-order valence-corrected chi connectivity index (χ2v) is 11.0. The minimum Gasteiger partial charge on any atom is -0.480 e. The molecule has 14 heteroatoms. The smallest absolute Gasteiger partial charge is 0.320 e. The number of β-amino-alcohol motifs (C(OH)–C–C–N with tert-alkyl or cyclic N) is 1. The molecule has 2 fully saturated rings. The van der Waals surface area contributed by atoms with Crippen molar-refractivity contribution in [2.75, 3.05) is 85.1 Å². The van der Waals surface area contributed by atoms with Gasteiger partial charge in [-0.25, -0.2) is 0 Å². The van der Waals surface area contributed by atoms with Gasteiger partial charge in [0, 0.05) is 65.4 Å². The fourth-order valence-corrected chi connectivity index (χ4v) is 5.48. The third-order valence-corrected chi connectivity index (χ3v) is 7.67. The summed E-state index contributed by atoms with van der Waals surface area (Å²) in [5.41, 5.74) is 0. The van der Waals surface area contributed by atoms with E-state index in [2.05, 4.69) is 5.32 Å². The number of rotatable bonds is 14. The van der Waals surface area contributed by atoms with Crippen LogP contribution < -0.4 is 5.32 Å². The van der Waals surface area contributed by atoms with Crippen molar-refractivity contribution in [1.29, 1.82) is 0 Å². The van der Waals surface area contributed by atoms with Gasteiger partial charge in [0.2, 0.25) is 0 Å². The van der Waals surface area contributed by atoms with Gasteiger partial charge < -0.3 is 30.8 Å². The highest BCUT2D eigenvalue weighted by atomic mass is 16.4. The van der Waals surface area contributed by atoms with Crippen molar-refractivity contribution in [2.45, 2.75) is 50.7 Å². The van der Waals surface area contributed by atoms with Crippen molar-refractivity contribution in [3.05, 3.63) is 0 Å². The number of aliphatic carboxylic acids is 4. The monoisotopic (exact) mass is 573 g/mol. The number of hydrogen-bond donors (Lipinski definition) is 6. The van der Waals surface area contributed by atoms with Gasteiger partial charge in [0.25, 0.3) is 0 Å². The number of carboxylic acids is 4. The third kappa shape index (κ3) is 14.3. The van der Waals surface area contributed by atoms with Crippen molar-refractivity contribution in [1.82, 2.24) is 24.9 Å². The van der Waals surface area contributed by atoms with Crippen molar-refractivity contribution in [3.8, 4) is 0 Å². The molecule has 1 aliphatic heterocycles. The van der Waals surface area contributed by atoms with Gasteiger partial charge in [-0.1, -0.05) is 32.1 Å². The minimum absolute atomic E-state index is 0.0853. The average molecular weight is 574 g/mol. The van der Waals surface area contributed by atoms with E-state index in [1.165, 1.54) is 6.42 Å². The zero-order chi connectivity index (χ0) is 29.5. The normalized spacial score (nSPS) is 21.6. The molecule has 2 rings (SSSR count). The number of nitrogens with zero attached hydrogens (tertiary/aromatic N) is 4. The highest BCUT2D eigenvalue weighted by Gasteiger charge is 2.25. The first-order chi connectivity index (χ1) is 19.0. The van der Waals surface area contributed by atoms with Crippen molar-refractivity contribution >= 4 is 23.9 Å². The molecule has 1 aliphatic carbocycles. The lowest BCUT2D eigenvalue weighted by molar-refractivity contribution is -0.141. The van der Waals surface area contributed by atoms with Crippen LogP contribution in [0.25, 0.3) is 0 Å². The van der Waals surface area contributed by atoms with Crippen LogP contribution in [0, 0.1) is 5.92 Å². The molecule has 6 N–H and O–H groups in total. The molecule has 2 unspecified atom stereocenters. The zero-order valence-electron chi connectivity index (χ0n) is 23.3. The lowest BCUT2D eigenvalue weighted by Crippen LogP contribution is -2.50. The van der Waals surface area contributed by atoms with E-state index in [1.807, 2.05) is 4.90 Å². The SMILES string of the molecule is O=C(O)CN1CCN(CC(=O)O)CCN(CC(O)CNC(CC2CCCCC2)C(=O)O)CCN(CC(=O)O)CC1. The molecule has 14 nitrogen and oxygen atoms in total. The van der Waals surface area contributed by atoms with Crippen molar-refractivity contribution < 1.29 is 44.7 Å². The maximum absolute atomic E-state index is 11.8. The number of carboxylic acid groups (broad SMARTS) is 4. The Balaban J connectivity index is 2.03. The van der Waals surface area contributed by atoms with Crippen LogP contribution in [0.1, 0.15) is 38.5 Å². The number of aliphatic hydroxyl groups excluding tert-OH is 1. The summed E-state index contributed by atoms with van der Waals surface area (Å²) in [4.78, 5) is 53.0. The van der Waals surface area contributed by atoms with Crippen LogP contribution in [-0.2, 0) is 19.2 Å². The average Bonchev–Trinajstić information content (AvgIpc) is 2.87. The van der Waals surface area contributed by atoms with Crippen LogP contribution in [0.15, 0.2) is 0 Å². The topological polar surface area (TPSA) is 194 Å². The fraction of sp³-hybridized carbons (Fsp3) is 0.846. The number of aliphatic hydroxyl groups is 1. The summed E-state index contributed by atoms with van der Waals surface area (Å²) in [6.45, 7) is 2.38. The van der Waals surface area contributed by atoms with Crippen LogP contribution in [0.3, 0.4) is 0 Å². The van der Waals surface area contributed by atoms with E-state index >= 15 is 0 Å². The number of nitrogens with one attached hydrogen (secondary N) is 1. The molecule has 1 saturated carbocycles. The lowest BCUT2D eigenvalue weighted by atomic mass is 9.85. The first kappa shape index (κ1) is 33.8. The first-order valence-corrected chi connectivity index (χ1v) is 14.2. The van der Waals surface area contributed by atoms with E-state index in [9.17, 15) is 44.7 Å². The van der Waals surface area contributed by atoms with Gasteiger partial charge in [0.05, 0.1) is 25.7 Å². The summed E-state index contributed by atoms with van der Waals surface area (Å²) >= 11 is 0. The van der Waals surface area contributed by atoms with Crippen molar-refractivity contribution in [2.24, 2.45) is 5.92 Å². The molecule has 0 bridgehead atoms. The van der Waals surface area contributed by atoms with Crippen LogP contribution in [0.2, 0.25) is 0 Å². The van der Waals surface area contributed by atoms with Crippen molar-refractivity contribution in [3.63, 3.8) is 0 Å². The van der Waals surface area contributed by atoms with Gasteiger partial charge in [-0.3, -0.25) is 38.8 Å². The molecular formula is C26H47N5O9. The third-order valence-electron chi connectivity index (χ3n) is 7.67. The van der Waals surface area contributed by atoms with Gasteiger partial charge in [-0.05, 0) is 12.3 Å². The molecular weight excluding hydrogens is 526 g/mol. The Morgan fingerprint density at radius 3 is 1.43 bits per heavy atom. The Morgan fingerprint density at radius 1 is 0.650 bits per heavy atom. The maximum Gasteiger partial charge on any atom is 0.320 e. The molecule has 230 valence electrons. The van der Waals surface area contributed by atoms with Gasteiger partial charge in [0.1, 0.15) is 6.04 Å². The molecule has 0 radical (unpaired) electrons. The Kier molecular flexibility index (Phi) is 15.4. The van der Waals surface area contributed by atoms with Crippen LogP contribution in [0.5, 0.6) is 0 Å². The highest BCUT2D eigenvalue weighted by molar-refractivity contribution is 5.73. The van der Waals surface area contributed by atoms with E-state index in [1.54, 1.807) is 14.7 Å². The second-order valence-electron chi connectivity index (χ2n) is 11.0. The molecule has 0 aromatic heterocycles. The fourth-order valence-electron chi connectivity index (χ4n) is 5.48. The van der Waals surface area contributed by atoms with E-state index < -0.39 is 36.0 Å². The minimum atomic E-state index is -1.01. The molecule has 0 aromatic rings. The summed E-state index contributed by atoms with van der Waals surface area (Å²) in [5, 5.41) is 51.5. The Bertz CT molecular complexity index is 779. The Morgan fingerprint density at radius 2 is 1.05 bits per heavy atom. The summed E-state index contributed by atoms with van der Waals surface area (Å²) in [6, 6.07) is -0.741. The van der Waals surface area contributed by atoms with Gasteiger partial charge in [-0.15, -0.1) is 0 Å². The maximum atomic E-state index is 11.8. The van der Waals surface area contributed by atoms with Crippen LogP contribution >= 0.6 is 0 Å². The van der Waals surface area contributed by atoms with E-state index in [0.717, 1.165) is 25.7 Å². The number of carbonyl (C=O) groups is 4. The van der Waals surface area contributed by atoms with Gasteiger partial charge >= 0.3 is 23.9 Å². The quantitative estimate of drug-likeness (QED) is 0.146. The number of hydrogen-bond acceptors (Lipinski definition) is 10. The molecule has 0 aromatic carbocycles. The second kappa shape index (κ2) is 18.1. The molecule has 0 amide bonds. The zero-order valence-corrected chi connectivity index (χ0v) is 23.3. The Labute approximate surface area is 235 Å². The van der Waals surface area contributed by atoms with Crippen LogP contribution in [0.4, 0.5) is 0 Å². The Hall–Kier alpha value is -2.36. The van der Waals surface area contributed by atoms with E-state index in [4.69, 9.17) is 0 Å². The molecule has 2 aliphatic rings. The largest absolute Gasteiger partial charge is 0.480 e. The lowest BCUT2D eigenvalue weighted by Gasteiger charge is -2.34. The predicted molar refractivity (Wildman–Crippen MR) is 145 cm³/mol. The molecule has 2 atom stereocenters.